The van der Waals surface area contributed by atoms with Gasteiger partial charge in [-0.05, 0) is 74.9 Å². The van der Waals surface area contributed by atoms with Gasteiger partial charge in [-0.1, -0.05) is 12.1 Å². The number of esters is 1. The second-order valence-electron chi connectivity index (χ2n) is 9.39. The van der Waals surface area contributed by atoms with Gasteiger partial charge in [-0.2, -0.15) is 4.80 Å². The Labute approximate surface area is 219 Å². The number of aromatic nitrogens is 4. The first-order chi connectivity index (χ1) is 18.0. The van der Waals surface area contributed by atoms with Gasteiger partial charge in [0, 0.05) is 11.1 Å². The molecule has 11 nitrogen and oxygen atoms in total. The van der Waals surface area contributed by atoms with Crippen LogP contribution >= 0.6 is 0 Å². The molecule has 1 aromatic heterocycles. The van der Waals surface area contributed by atoms with Crippen molar-refractivity contribution in [3.8, 4) is 17.1 Å². The molecule has 0 spiro atoms. The van der Waals surface area contributed by atoms with Crippen molar-refractivity contribution in [1.82, 2.24) is 30.4 Å². The van der Waals surface area contributed by atoms with Crippen molar-refractivity contribution in [1.29, 1.82) is 0 Å². The maximum atomic E-state index is 13.7. The largest absolute Gasteiger partial charge is 0.497 e. The zero-order valence-electron chi connectivity index (χ0n) is 22.0. The lowest BCUT2D eigenvalue weighted by Crippen LogP contribution is -2.51. The molecule has 202 valence electrons. The first kappa shape index (κ1) is 28.2. The van der Waals surface area contributed by atoms with Crippen LogP contribution in [0.5, 0.6) is 5.75 Å². The van der Waals surface area contributed by atoms with Crippen LogP contribution in [0, 0.1) is 5.82 Å². The van der Waals surface area contributed by atoms with Crippen LogP contribution < -0.4 is 10.1 Å². The standard InChI is InChI=1S/C26H31FN6O5/c1-6-38-22(35)16-32(23(25(36)28-26(2,3)4)17-7-11-19(27)12-8-17)21(34)15-33-30-24(29-31-33)18-9-13-20(37-5)14-10-18/h7-14,23H,6,15-16H2,1-5H3,(H,28,36). The highest BCUT2D eigenvalue weighted by Crippen LogP contribution is 2.24. The van der Waals surface area contributed by atoms with E-state index in [1.165, 1.54) is 24.3 Å². The zero-order chi connectivity index (χ0) is 27.9. The van der Waals surface area contributed by atoms with E-state index >= 15 is 0 Å². The summed E-state index contributed by atoms with van der Waals surface area (Å²) in [6.45, 7) is 6.13. The minimum Gasteiger partial charge on any atom is -0.497 e. The lowest BCUT2D eigenvalue weighted by molar-refractivity contribution is -0.153. The van der Waals surface area contributed by atoms with Gasteiger partial charge in [0.15, 0.2) is 0 Å². The SMILES string of the molecule is CCOC(=O)CN(C(=O)Cn1nnc(-c2ccc(OC)cc2)n1)C(C(=O)NC(C)(C)C)c1ccc(F)cc1. The average Bonchev–Trinajstić information content (AvgIpc) is 3.32. The number of nitrogens with zero attached hydrogens (tertiary/aromatic N) is 5. The van der Waals surface area contributed by atoms with Crippen molar-refractivity contribution in [3.63, 3.8) is 0 Å². The lowest BCUT2D eigenvalue weighted by Gasteiger charge is -2.33. The molecule has 0 aliphatic rings. The maximum Gasteiger partial charge on any atom is 0.325 e. The van der Waals surface area contributed by atoms with Crippen LogP contribution in [0.2, 0.25) is 0 Å². The molecule has 0 fully saturated rings. The molecule has 0 saturated heterocycles. The van der Waals surface area contributed by atoms with Crippen molar-refractivity contribution in [2.45, 2.75) is 45.8 Å². The number of methoxy groups -OCH3 is 1. The number of nitrogens with one attached hydrogen (secondary N) is 1. The molecule has 12 heteroatoms. The van der Waals surface area contributed by atoms with E-state index in [0.29, 0.717) is 16.9 Å². The fourth-order valence-electron chi connectivity index (χ4n) is 3.60. The molecule has 2 aromatic carbocycles. The summed E-state index contributed by atoms with van der Waals surface area (Å²) >= 11 is 0. The maximum absolute atomic E-state index is 13.7. The molecular weight excluding hydrogens is 495 g/mol. The third kappa shape index (κ3) is 7.58. The molecule has 0 saturated carbocycles. The van der Waals surface area contributed by atoms with Gasteiger partial charge in [0.1, 0.15) is 30.7 Å². The van der Waals surface area contributed by atoms with Crippen molar-refractivity contribution in [2.75, 3.05) is 20.3 Å². The van der Waals surface area contributed by atoms with Crippen LogP contribution in [-0.2, 0) is 25.7 Å². The van der Waals surface area contributed by atoms with E-state index in [4.69, 9.17) is 9.47 Å². The third-order valence-corrected chi connectivity index (χ3v) is 5.25. The number of amides is 2. The molecule has 2 amide bonds. The Bertz CT molecular complexity index is 1250. The van der Waals surface area contributed by atoms with Crippen LogP contribution in [0.15, 0.2) is 48.5 Å². The predicted molar refractivity (Wildman–Crippen MR) is 135 cm³/mol. The summed E-state index contributed by atoms with van der Waals surface area (Å²) in [5.74, 6) is -1.47. The first-order valence-electron chi connectivity index (χ1n) is 12.0. The molecule has 1 heterocycles. The summed E-state index contributed by atoms with van der Waals surface area (Å²) in [4.78, 5) is 41.6. The van der Waals surface area contributed by atoms with Crippen LogP contribution in [0.4, 0.5) is 4.39 Å². The second-order valence-corrected chi connectivity index (χ2v) is 9.39. The van der Waals surface area contributed by atoms with E-state index in [0.717, 1.165) is 9.70 Å². The highest BCUT2D eigenvalue weighted by Gasteiger charge is 2.35. The molecule has 1 N–H and O–H groups in total. The molecule has 38 heavy (non-hydrogen) atoms. The summed E-state index contributed by atoms with van der Waals surface area (Å²) in [5, 5.41) is 15.0. The zero-order valence-corrected chi connectivity index (χ0v) is 22.0. The number of hydrogen-bond acceptors (Lipinski definition) is 8. The Morgan fingerprint density at radius 3 is 2.32 bits per heavy atom. The molecule has 0 aliphatic carbocycles. The van der Waals surface area contributed by atoms with E-state index in [-0.39, 0.29) is 12.4 Å². The Kier molecular flexibility index (Phi) is 9.11. The van der Waals surface area contributed by atoms with Crippen molar-refractivity contribution >= 4 is 17.8 Å². The molecular formula is C26H31FN6O5. The summed E-state index contributed by atoms with van der Waals surface area (Å²) in [6.07, 6.45) is 0. The molecule has 3 aromatic rings. The number of ether oxygens (including phenoxy) is 2. The highest BCUT2D eigenvalue weighted by molar-refractivity contribution is 5.91. The molecule has 0 radical (unpaired) electrons. The summed E-state index contributed by atoms with van der Waals surface area (Å²) < 4.78 is 23.9. The van der Waals surface area contributed by atoms with E-state index < -0.39 is 48.3 Å². The number of carbonyl (C=O) groups excluding carboxylic acids is 3. The van der Waals surface area contributed by atoms with Crippen molar-refractivity contribution in [2.24, 2.45) is 0 Å². The number of tetrazole rings is 1. The molecule has 0 aliphatic heterocycles. The Balaban J connectivity index is 1.94. The highest BCUT2D eigenvalue weighted by atomic mass is 19.1. The van der Waals surface area contributed by atoms with Crippen LogP contribution in [0.3, 0.4) is 0 Å². The van der Waals surface area contributed by atoms with Crippen LogP contribution in [0.1, 0.15) is 39.3 Å². The van der Waals surface area contributed by atoms with Gasteiger partial charge >= 0.3 is 5.97 Å². The fraction of sp³-hybridized carbons (Fsp3) is 0.385. The van der Waals surface area contributed by atoms with Gasteiger partial charge in [0.25, 0.3) is 0 Å². The van der Waals surface area contributed by atoms with Crippen molar-refractivity contribution < 1.29 is 28.2 Å². The number of rotatable bonds is 10. The second kappa shape index (κ2) is 12.3. The van der Waals surface area contributed by atoms with Gasteiger partial charge < -0.3 is 19.7 Å². The Morgan fingerprint density at radius 1 is 1.08 bits per heavy atom. The van der Waals surface area contributed by atoms with E-state index in [1.54, 1.807) is 59.1 Å². The van der Waals surface area contributed by atoms with Crippen LogP contribution in [0.25, 0.3) is 11.4 Å². The van der Waals surface area contributed by atoms with Gasteiger partial charge in [-0.15, -0.1) is 10.2 Å². The monoisotopic (exact) mass is 526 g/mol. The van der Waals surface area contributed by atoms with Crippen LogP contribution in [-0.4, -0.2) is 68.7 Å². The Hall–Kier alpha value is -4.35. The topological polar surface area (TPSA) is 129 Å². The fourth-order valence-corrected chi connectivity index (χ4v) is 3.60. The summed E-state index contributed by atoms with van der Waals surface area (Å²) in [7, 11) is 1.55. The van der Waals surface area contributed by atoms with E-state index in [1.807, 2.05) is 0 Å². The first-order valence-corrected chi connectivity index (χ1v) is 12.0. The summed E-state index contributed by atoms with van der Waals surface area (Å²) in [5.41, 5.74) is 0.326. The van der Waals surface area contributed by atoms with Gasteiger partial charge in [-0.25, -0.2) is 4.39 Å². The average molecular weight is 527 g/mol. The number of halogens is 1. The summed E-state index contributed by atoms with van der Waals surface area (Å²) in [6, 6.07) is 10.9. The van der Waals surface area contributed by atoms with Gasteiger partial charge in [0.2, 0.25) is 17.6 Å². The smallest absolute Gasteiger partial charge is 0.325 e. The minimum absolute atomic E-state index is 0.0894. The Morgan fingerprint density at radius 2 is 1.74 bits per heavy atom. The lowest BCUT2D eigenvalue weighted by atomic mass is 10.0. The van der Waals surface area contributed by atoms with E-state index in [9.17, 15) is 18.8 Å². The number of hydrogen-bond donors (Lipinski definition) is 1. The van der Waals surface area contributed by atoms with Crippen molar-refractivity contribution in [3.05, 3.63) is 59.9 Å². The normalized spacial score (nSPS) is 11.9. The van der Waals surface area contributed by atoms with Gasteiger partial charge in [0.05, 0.1) is 13.7 Å². The molecule has 1 unspecified atom stereocenters. The quantitative estimate of drug-likeness (QED) is 0.399. The molecule has 3 rings (SSSR count). The third-order valence-electron chi connectivity index (χ3n) is 5.25. The number of benzene rings is 2. The van der Waals surface area contributed by atoms with Gasteiger partial charge in [-0.3, -0.25) is 14.4 Å². The number of carbonyl (C=O) groups is 3. The molecule has 0 bridgehead atoms. The van der Waals surface area contributed by atoms with E-state index in [2.05, 4.69) is 20.7 Å². The minimum atomic E-state index is -1.25. The molecule has 1 atom stereocenters. The predicted octanol–water partition coefficient (Wildman–Crippen LogP) is 2.54.